The highest BCUT2D eigenvalue weighted by atomic mass is 15.0. The van der Waals surface area contributed by atoms with Crippen LogP contribution in [0.5, 0.6) is 0 Å². The van der Waals surface area contributed by atoms with Gasteiger partial charge in [0.25, 0.3) is 0 Å². The molecule has 0 saturated heterocycles. The van der Waals surface area contributed by atoms with Crippen molar-refractivity contribution in [3.63, 3.8) is 0 Å². The van der Waals surface area contributed by atoms with Crippen molar-refractivity contribution < 1.29 is 0 Å². The van der Waals surface area contributed by atoms with Crippen molar-refractivity contribution in [2.45, 2.75) is 0 Å². The molecule has 4 heteroatoms. The maximum atomic E-state index is 6.93. The summed E-state index contributed by atoms with van der Waals surface area (Å²) >= 11 is 0. The predicted octanol–water partition coefficient (Wildman–Crippen LogP) is 10.8. The molecule has 3 aromatic heterocycles. The van der Waals surface area contributed by atoms with Crippen molar-refractivity contribution in [1.29, 1.82) is 0 Å². The first-order valence-electron chi connectivity index (χ1n) is 15.7. The van der Waals surface area contributed by atoms with Crippen LogP contribution in [0.3, 0.4) is 0 Å². The van der Waals surface area contributed by atoms with Crippen LogP contribution >= 0.6 is 0 Å². The van der Waals surface area contributed by atoms with Crippen LogP contribution in [0, 0.1) is 0 Å². The molecule has 0 aliphatic carbocycles. The molecule has 216 valence electrons. The highest BCUT2D eigenvalue weighted by molar-refractivity contribution is 6.20. The van der Waals surface area contributed by atoms with Gasteiger partial charge < -0.3 is 19.9 Å². The summed E-state index contributed by atoms with van der Waals surface area (Å²) in [6, 6.07) is 54.1. The molecule has 4 nitrogen and oxygen atoms in total. The number of nitrogens with two attached hydrogens (primary N) is 1. The van der Waals surface area contributed by atoms with Crippen molar-refractivity contribution in [1.82, 2.24) is 14.1 Å². The van der Waals surface area contributed by atoms with Gasteiger partial charge in [0.2, 0.25) is 0 Å². The number of aromatic nitrogens is 3. The summed E-state index contributed by atoms with van der Waals surface area (Å²) < 4.78 is 4.72. The number of hydrogen-bond acceptors (Lipinski definition) is 1. The molecule has 46 heavy (non-hydrogen) atoms. The van der Waals surface area contributed by atoms with E-state index in [2.05, 4.69) is 166 Å². The van der Waals surface area contributed by atoms with Crippen LogP contribution < -0.4 is 5.73 Å². The lowest BCUT2D eigenvalue weighted by Gasteiger charge is -2.11. The van der Waals surface area contributed by atoms with Gasteiger partial charge in [-0.15, -0.1) is 0 Å². The Balaban J connectivity index is 1.26. The van der Waals surface area contributed by atoms with E-state index in [1.54, 1.807) is 0 Å². The van der Waals surface area contributed by atoms with Gasteiger partial charge in [0.1, 0.15) is 0 Å². The second-order valence-electron chi connectivity index (χ2n) is 12.1. The zero-order valence-corrected chi connectivity index (χ0v) is 24.9. The summed E-state index contributed by atoms with van der Waals surface area (Å²) in [5.74, 6) is 0. The molecule has 0 saturated carbocycles. The summed E-state index contributed by atoms with van der Waals surface area (Å²) in [5, 5.41) is 7.20. The number of hydrogen-bond donors (Lipinski definition) is 2. The number of fused-ring (bicyclic) bond motifs is 9. The molecule has 0 aliphatic rings. The van der Waals surface area contributed by atoms with Crippen LogP contribution in [0.25, 0.3) is 87.9 Å². The van der Waals surface area contributed by atoms with E-state index in [0.29, 0.717) is 0 Å². The standard InChI is InChI=1S/C42H28N4/c43-36-22-34-28-16-7-9-20-38(28)45(26-12-3-1-4-13-26)40(34)24-32(36)30-18-11-19-31-33-25-41-35(23-37(33)44-42(30)31)29-17-8-10-21-39(29)46(41)27-14-5-2-6-15-27/h1-25,44H,43H2. The second-order valence-corrected chi connectivity index (χ2v) is 12.1. The molecule has 0 spiro atoms. The Morgan fingerprint density at radius 3 is 1.59 bits per heavy atom. The third-order valence-corrected chi connectivity index (χ3v) is 9.59. The second kappa shape index (κ2) is 9.37. The Morgan fingerprint density at radius 1 is 0.391 bits per heavy atom. The molecule has 10 rings (SSSR count). The number of anilines is 1. The number of nitrogens with zero attached hydrogens (tertiary/aromatic N) is 2. The first-order chi connectivity index (χ1) is 22.7. The molecule has 0 amide bonds. The smallest absolute Gasteiger partial charge is 0.0548 e. The average molecular weight is 589 g/mol. The largest absolute Gasteiger partial charge is 0.398 e. The van der Waals surface area contributed by atoms with Gasteiger partial charge in [0.05, 0.1) is 27.6 Å². The number of benzene rings is 7. The number of H-pyrrole nitrogens is 1. The summed E-state index contributed by atoms with van der Waals surface area (Å²) in [6.07, 6.45) is 0. The lowest BCUT2D eigenvalue weighted by atomic mass is 9.98. The van der Waals surface area contributed by atoms with Crippen molar-refractivity contribution in [2.24, 2.45) is 0 Å². The van der Waals surface area contributed by atoms with Crippen molar-refractivity contribution >= 4 is 71.1 Å². The third-order valence-electron chi connectivity index (χ3n) is 9.59. The highest BCUT2D eigenvalue weighted by Crippen LogP contribution is 2.42. The van der Waals surface area contributed by atoms with E-state index in [1.165, 1.54) is 43.5 Å². The zero-order valence-electron chi connectivity index (χ0n) is 24.9. The molecule has 0 unspecified atom stereocenters. The van der Waals surface area contributed by atoms with E-state index in [-0.39, 0.29) is 0 Å². The Kier molecular flexibility index (Phi) is 5.11. The minimum Gasteiger partial charge on any atom is -0.398 e. The number of nitrogen functional groups attached to an aromatic ring is 1. The minimum absolute atomic E-state index is 0.765. The Morgan fingerprint density at radius 2 is 0.935 bits per heavy atom. The highest BCUT2D eigenvalue weighted by Gasteiger charge is 2.19. The molecular weight excluding hydrogens is 560 g/mol. The normalized spacial score (nSPS) is 12.0. The summed E-state index contributed by atoms with van der Waals surface area (Å²) in [7, 11) is 0. The number of para-hydroxylation sites is 5. The number of aromatic amines is 1. The minimum atomic E-state index is 0.765. The molecule has 3 N–H and O–H groups in total. The Labute approximate surface area is 264 Å². The van der Waals surface area contributed by atoms with Gasteiger partial charge in [-0.2, -0.15) is 0 Å². The molecule has 3 heterocycles. The summed E-state index contributed by atoms with van der Waals surface area (Å²) in [4.78, 5) is 3.83. The van der Waals surface area contributed by atoms with Crippen LogP contribution in [0.15, 0.2) is 152 Å². The van der Waals surface area contributed by atoms with E-state index >= 15 is 0 Å². The van der Waals surface area contributed by atoms with Crippen LogP contribution in [0.1, 0.15) is 0 Å². The monoisotopic (exact) mass is 588 g/mol. The van der Waals surface area contributed by atoms with E-state index in [1.807, 2.05) is 0 Å². The number of rotatable bonds is 3. The fourth-order valence-electron chi connectivity index (χ4n) is 7.59. The molecule has 10 aromatic rings. The van der Waals surface area contributed by atoms with Gasteiger partial charge in [-0.25, -0.2) is 0 Å². The van der Waals surface area contributed by atoms with Crippen LogP contribution in [0.4, 0.5) is 5.69 Å². The first kappa shape index (κ1) is 25.1. The lowest BCUT2D eigenvalue weighted by Crippen LogP contribution is -1.95. The van der Waals surface area contributed by atoms with Crippen LogP contribution in [0.2, 0.25) is 0 Å². The van der Waals surface area contributed by atoms with E-state index in [4.69, 9.17) is 5.73 Å². The van der Waals surface area contributed by atoms with Crippen molar-refractivity contribution in [2.75, 3.05) is 5.73 Å². The van der Waals surface area contributed by atoms with E-state index < -0.39 is 0 Å². The van der Waals surface area contributed by atoms with Crippen LogP contribution in [-0.4, -0.2) is 14.1 Å². The molecule has 7 aromatic carbocycles. The predicted molar refractivity (Wildman–Crippen MR) is 194 cm³/mol. The lowest BCUT2D eigenvalue weighted by molar-refractivity contribution is 1.18. The molecular formula is C42H28N4. The van der Waals surface area contributed by atoms with E-state index in [0.717, 1.165) is 50.1 Å². The number of nitrogens with one attached hydrogen (secondary N) is 1. The maximum absolute atomic E-state index is 6.93. The van der Waals surface area contributed by atoms with E-state index in [9.17, 15) is 0 Å². The van der Waals surface area contributed by atoms with Gasteiger partial charge in [0, 0.05) is 66.0 Å². The molecule has 0 fully saturated rings. The fraction of sp³-hybridized carbons (Fsp3) is 0. The third kappa shape index (κ3) is 3.44. The topological polar surface area (TPSA) is 51.7 Å². The summed E-state index contributed by atoms with van der Waals surface area (Å²) in [6.45, 7) is 0. The maximum Gasteiger partial charge on any atom is 0.0548 e. The van der Waals surface area contributed by atoms with Gasteiger partial charge in [-0.05, 0) is 60.7 Å². The van der Waals surface area contributed by atoms with Crippen LogP contribution in [-0.2, 0) is 0 Å². The van der Waals surface area contributed by atoms with Gasteiger partial charge in [0.15, 0.2) is 0 Å². The quantitative estimate of drug-likeness (QED) is 0.198. The molecule has 0 radical (unpaired) electrons. The van der Waals surface area contributed by atoms with Gasteiger partial charge in [-0.3, -0.25) is 0 Å². The van der Waals surface area contributed by atoms with Gasteiger partial charge in [-0.1, -0.05) is 91.0 Å². The summed E-state index contributed by atoms with van der Waals surface area (Å²) in [5.41, 5.74) is 19.0. The van der Waals surface area contributed by atoms with Crippen molar-refractivity contribution in [3.8, 4) is 22.5 Å². The fourth-order valence-corrected chi connectivity index (χ4v) is 7.59. The van der Waals surface area contributed by atoms with Gasteiger partial charge >= 0.3 is 0 Å². The SMILES string of the molecule is Nc1cc2c3ccccc3n(-c3ccccc3)c2cc1-c1cccc2c1[nH]c1cc3c4ccccc4n(-c4ccccc4)c3cc12. The molecule has 0 atom stereocenters. The molecule has 0 aliphatic heterocycles. The molecule has 0 bridgehead atoms. The van der Waals surface area contributed by atoms with Crippen molar-refractivity contribution in [3.05, 3.63) is 152 Å². The zero-order chi connectivity index (χ0) is 30.4. The Bertz CT molecular complexity index is 2800. The average Bonchev–Trinajstić information content (AvgIpc) is 3.75. The first-order valence-corrected chi connectivity index (χ1v) is 15.7. The Hall–Kier alpha value is -6.26.